The van der Waals surface area contributed by atoms with Crippen LogP contribution in [-0.4, -0.2) is 53.8 Å². The summed E-state index contributed by atoms with van der Waals surface area (Å²) in [6.45, 7) is 1.38. The smallest absolute Gasteiger partial charge is 0.229 e. The van der Waals surface area contributed by atoms with Gasteiger partial charge < -0.3 is 9.64 Å². The van der Waals surface area contributed by atoms with Crippen LogP contribution in [0.2, 0.25) is 0 Å². The summed E-state index contributed by atoms with van der Waals surface area (Å²) in [7, 11) is 0. The van der Waals surface area contributed by atoms with Gasteiger partial charge in [0, 0.05) is 32.4 Å². The number of rotatable bonds is 4. The minimum absolute atomic E-state index is 0.113. The first-order chi connectivity index (χ1) is 11.5. The van der Waals surface area contributed by atoms with Gasteiger partial charge in [0.1, 0.15) is 11.9 Å². The molecule has 7 heteroatoms. The lowest BCUT2D eigenvalue weighted by Crippen LogP contribution is -2.43. The van der Waals surface area contributed by atoms with Crippen LogP contribution in [0.5, 0.6) is 0 Å². The molecule has 1 aromatic carbocycles. The van der Waals surface area contributed by atoms with Crippen LogP contribution in [0.3, 0.4) is 0 Å². The van der Waals surface area contributed by atoms with Gasteiger partial charge in [0.15, 0.2) is 0 Å². The molecule has 3 rings (SSSR count). The van der Waals surface area contributed by atoms with Gasteiger partial charge >= 0.3 is 0 Å². The van der Waals surface area contributed by atoms with Gasteiger partial charge in [0.25, 0.3) is 0 Å². The zero-order chi connectivity index (χ0) is 17.1. The van der Waals surface area contributed by atoms with Crippen LogP contribution in [-0.2, 0) is 19.1 Å². The summed E-state index contributed by atoms with van der Waals surface area (Å²) in [6, 6.07) is 6.03. The molecule has 2 aliphatic rings. The molecule has 6 nitrogen and oxygen atoms in total. The molecule has 0 N–H and O–H groups in total. The number of hydrogen-bond acceptors (Lipinski definition) is 4. The highest BCUT2D eigenvalue weighted by Crippen LogP contribution is 2.23. The summed E-state index contributed by atoms with van der Waals surface area (Å²) in [5.41, 5.74) is 0.818. The molecule has 1 atom stereocenters. The van der Waals surface area contributed by atoms with E-state index in [4.69, 9.17) is 4.74 Å². The number of carbonyl (C=O) groups excluding carboxylic acids is 3. The first kappa shape index (κ1) is 16.6. The quantitative estimate of drug-likeness (QED) is 0.778. The molecule has 2 aliphatic heterocycles. The molecule has 1 aromatic rings. The number of hydrogen-bond donors (Lipinski definition) is 0. The molecule has 2 fully saturated rings. The summed E-state index contributed by atoms with van der Waals surface area (Å²) in [5, 5.41) is 0. The highest BCUT2D eigenvalue weighted by Gasteiger charge is 2.30. The Balaban J connectivity index is 1.56. The van der Waals surface area contributed by atoms with Gasteiger partial charge in [-0.05, 0) is 17.7 Å². The minimum Gasteiger partial charge on any atom is -0.370 e. The summed E-state index contributed by atoms with van der Waals surface area (Å²) in [5.74, 6) is -0.849. The number of nitrogens with zero attached hydrogens (tertiary/aromatic N) is 2. The molecule has 0 radical (unpaired) electrons. The van der Waals surface area contributed by atoms with Crippen molar-refractivity contribution in [3.63, 3.8) is 0 Å². The van der Waals surface area contributed by atoms with E-state index in [0.717, 1.165) is 10.5 Å². The second kappa shape index (κ2) is 7.09. The van der Waals surface area contributed by atoms with Gasteiger partial charge in [-0.25, -0.2) is 4.39 Å². The maximum absolute atomic E-state index is 13.0. The van der Waals surface area contributed by atoms with Crippen molar-refractivity contribution in [3.8, 4) is 0 Å². The Morgan fingerprint density at radius 3 is 2.50 bits per heavy atom. The topological polar surface area (TPSA) is 66.9 Å². The van der Waals surface area contributed by atoms with E-state index in [-0.39, 0.29) is 55.4 Å². The third kappa shape index (κ3) is 3.62. The van der Waals surface area contributed by atoms with Crippen molar-refractivity contribution in [1.29, 1.82) is 0 Å². The number of amides is 3. The van der Waals surface area contributed by atoms with E-state index in [9.17, 15) is 18.8 Å². The SMILES string of the molecule is O=C(CCN1C(=O)CCC1=O)N1CCOC(c2ccc(F)cc2)C1. The van der Waals surface area contributed by atoms with Crippen molar-refractivity contribution in [3.05, 3.63) is 35.6 Å². The van der Waals surface area contributed by atoms with E-state index >= 15 is 0 Å². The Labute approximate surface area is 139 Å². The Kier molecular flexibility index (Phi) is 4.89. The molecule has 2 saturated heterocycles. The molecule has 0 aliphatic carbocycles. The van der Waals surface area contributed by atoms with Gasteiger partial charge in [0.2, 0.25) is 17.7 Å². The molecule has 1 unspecified atom stereocenters. The third-order valence-electron chi connectivity index (χ3n) is 4.37. The lowest BCUT2D eigenvalue weighted by atomic mass is 10.1. The Hall–Kier alpha value is -2.28. The zero-order valence-electron chi connectivity index (χ0n) is 13.2. The van der Waals surface area contributed by atoms with Crippen LogP contribution in [0.4, 0.5) is 4.39 Å². The fourth-order valence-electron chi connectivity index (χ4n) is 2.99. The number of likely N-dealkylation sites (tertiary alicyclic amines) is 1. The molecule has 0 spiro atoms. The van der Waals surface area contributed by atoms with E-state index in [1.54, 1.807) is 17.0 Å². The maximum atomic E-state index is 13.0. The molecule has 0 saturated carbocycles. The Morgan fingerprint density at radius 1 is 1.17 bits per heavy atom. The van der Waals surface area contributed by atoms with Gasteiger partial charge in [-0.15, -0.1) is 0 Å². The molecular weight excluding hydrogens is 315 g/mol. The van der Waals surface area contributed by atoms with Gasteiger partial charge in [-0.2, -0.15) is 0 Å². The van der Waals surface area contributed by atoms with Gasteiger partial charge in [0.05, 0.1) is 13.2 Å². The Bertz CT molecular complexity index is 630. The number of carbonyl (C=O) groups is 3. The summed E-state index contributed by atoms with van der Waals surface area (Å²) in [6.07, 6.45) is 0.292. The van der Waals surface area contributed by atoms with Crippen LogP contribution in [0.15, 0.2) is 24.3 Å². The number of halogens is 1. The number of imide groups is 1. The first-order valence-electron chi connectivity index (χ1n) is 8.02. The Morgan fingerprint density at radius 2 is 1.83 bits per heavy atom. The molecule has 0 bridgehead atoms. The van der Waals surface area contributed by atoms with Gasteiger partial charge in [-0.3, -0.25) is 19.3 Å². The van der Waals surface area contributed by atoms with Crippen molar-refractivity contribution in [1.82, 2.24) is 9.80 Å². The van der Waals surface area contributed by atoms with Crippen molar-refractivity contribution < 1.29 is 23.5 Å². The van der Waals surface area contributed by atoms with E-state index < -0.39 is 0 Å². The highest BCUT2D eigenvalue weighted by atomic mass is 19.1. The van der Waals surface area contributed by atoms with Crippen LogP contribution >= 0.6 is 0 Å². The maximum Gasteiger partial charge on any atom is 0.229 e. The zero-order valence-corrected chi connectivity index (χ0v) is 13.2. The van der Waals surface area contributed by atoms with Crippen LogP contribution in [0.1, 0.15) is 30.9 Å². The first-order valence-corrected chi connectivity index (χ1v) is 8.02. The predicted octanol–water partition coefficient (Wildman–Crippen LogP) is 1.26. The fraction of sp³-hybridized carbons (Fsp3) is 0.471. The van der Waals surface area contributed by atoms with E-state index in [2.05, 4.69) is 0 Å². The predicted molar refractivity (Wildman–Crippen MR) is 82.2 cm³/mol. The molecule has 3 amide bonds. The average molecular weight is 334 g/mol. The summed E-state index contributed by atoms with van der Waals surface area (Å²) in [4.78, 5) is 38.3. The van der Waals surface area contributed by atoms with Crippen LogP contribution < -0.4 is 0 Å². The average Bonchev–Trinajstić information content (AvgIpc) is 2.92. The van der Waals surface area contributed by atoms with Crippen LogP contribution in [0.25, 0.3) is 0 Å². The molecule has 128 valence electrons. The number of benzene rings is 1. The van der Waals surface area contributed by atoms with Gasteiger partial charge in [-0.1, -0.05) is 12.1 Å². The second-order valence-corrected chi connectivity index (χ2v) is 5.94. The largest absolute Gasteiger partial charge is 0.370 e. The normalized spacial score (nSPS) is 21.5. The van der Waals surface area contributed by atoms with E-state index in [1.165, 1.54) is 12.1 Å². The molecule has 0 aromatic heterocycles. The summed E-state index contributed by atoms with van der Waals surface area (Å²) >= 11 is 0. The highest BCUT2D eigenvalue weighted by molar-refractivity contribution is 6.02. The lowest BCUT2D eigenvalue weighted by Gasteiger charge is -2.33. The van der Waals surface area contributed by atoms with Crippen LogP contribution in [0, 0.1) is 5.82 Å². The van der Waals surface area contributed by atoms with E-state index in [1.807, 2.05) is 0 Å². The summed E-state index contributed by atoms with van der Waals surface area (Å²) < 4.78 is 18.7. The van der Waals surface area contributed by atoms with E-state index in [0.29, 0.717) is 19.7 Å². The minimum atomic E-state index is -0.317. The van der Waals surface area contributed by atoms with Crippen molar-refractivity contribution in [2.75, 3.05) is 26.2 Å². The third-order valence-corrected chi connectivity index (χ3v) is 4.37. The number of ether oxygens (including phenoxy) is 1. The molecule has 2 heterocycles. The van der Waals surface area contributed by atoms with Crippen molar-refractivity contribution in [2.24, 2.45) is 0 Å². The molecular formula is C17H19FN2O4. The van der Waals surface area contributed by atoms with Crippen molar-refractivity contribution >= 4 is 17.7 Å². The van der Waals surface area contributed by atoms with Crippen molar-refractivity contribution in [2.45, 2.75) is 25.4 Å². The second-order valence-electron chi connectivity index (χ2n) is 5.94. The lowest BCUT2D eigenvalue weighted by molar-refractivity contribution is -0.142. The number of morpholine rings is 1. The molecule has 24 heavy (non-hydrogen) atoms. The fourth-order valence-corrected chi connectivity index (χ4v) is 2.99. The monoisotopic (exact) mass is 334 g/mol. The standard InChI is InChI=1S/C17H19FN2O4/c18-13-3-1-12(2-4-13)14-11-19(9-10-24-14)15(21)7-8-20-16(22)5-6-17(20)23/h1-4,14H,5-11H2.